The fourth-order valence-electron chi connectivity index (χ4n) is 2.80. The van der Waals surface area contributed by atoms with Crippen LogP contribution in [0.2, 0.25) is 0 Å². The third kappa shape index (κ3) is 4.75. The normalized spacial score (nSPS) is 11.6. The lowest BCUT2D eigenvalue weighted by Gasteiger charge is -2.23. The molecule has 0 aliphatic rings. The van der Waals surface area contributed by atoms with Crippen molar-refractivity contribution in [2.75, 3.05) is 7.05 Å². The number of aromatic nitrogens is 4. The van der Waals surface area contributed by atoms with Crippen LogP contribution in [0.15, 0.2) is 53.7 Å². The molecule has 0 bridgehead atoms. The summed E-state index contributed by atoms with van der Waals surface area (Å²) in [5.74, 6) is 2.61. The zero-order valence-electron chi connectivity index (χ0n) is 16.4. The van der Waals surface area contributed by atoms with Gasteiger partial charge in [-0.15, -0.1) is 10.2 Å². The predicted molar refractivity (Wildman–Crippen MR) is 107 cm³/mol. The molecule has 3 aromatic rings. The molecule has 1 N–H and O–H groups in total. The molecule has 3 rings (SSSR count). The highest BCUT2D eigenvalue weighted by Gasteiger charge is 2.11. The van der Waals surface area contributed by atoms with Gasteiger partial charge in [-0.2, -0.15) is 0 Å². The lowest BCUT2D eigenvalue weighted by molar-refractivity contribution is 0.458. The van der Waals surface area contributed by atoms with E-state index in [4.69, 9.17) is 4.99 Å². The molecule has 0 aliphatic heterocycles. The van der Waals surface area contributed by atoms with E-state index in [2.05, 4.69) is 62.5 Å². The Kier molecular flexibility index (Phi) is 5.90. The van der Waals surface area contributed by atoms with Crippen molar-refractivity contribution >= 4 is 5.96 Å². The van der Waals surface area contributed by atoms with Crippen molar-refractivity contribution < 1.29 is 0 Å². The molecule has 0 aliphatic carbocycles. The minimum absolute atomic E-state index is 0.572. The molecule has 1 aromatic carbocycles. The first-order valence-corrected chi connectivity index (χ1v) is 9.03. The topological polar surface area (TPSA) is 63.3 Å². The zero-order chi connectivity index (χ0) is 19.2. The molecule has 0 radical (unpaired) electrons. The van der Waals surface area contributed by atoms with Crippen molar-refractivity contribution in [1.29, 1.82) is 0 Å². The molecular weight excluding hydrogens is 338 g/mol. The summed E-state index contributed by atoms with van der Waals surface area (Å²) >= 11 is 0. The van der Waals surface area contributed by atoms with Crippen LogP contribution in [0.1, 0.15) is 22.9 Å². The first-order chi connectivity index (χ1) is 13.0. The van der Waals surface area contributed by atoms with Crippen molar-refractivity contribution in [3.8, 4) is 0 Å². The Morgan fingerprint density at radius 3 is 2.52 bits per heavy atom. The molecule has 0 spiro atoms. The van der Waals surface area contributed by atoms with Crippen LogP contribution in [0, 0.1) is 6.92 Å². The monoisotopic (exact) mass is 365 g/mol. The number of hydrogen-bond acceptors (Lipinski definition) is 3. The van der Waals surface area contributed by atoms with Gasteiger partial charge in [-0.05, 0) is 24.6 Å². The van der Waals surface area contributed by atoms with Gasteiger partial charge in [0.25, 0.3) is 0 Å². The quantitative estimate of drug-likeness (QED) is 0.537. The van der Waals surface area contributed by atoms with E-state index in [0.717, 1.165) is 24.2 Å². The van der Waals surface area contributed by atoms with Crippen molar-refractivity contribution in [2.45, 2.75) is 26.6 Å². The number of guanidine groups is 1. The van der Waals surface area contributed by atoms with Gasteiger partial charge >= 0.3 is 0 Å². The molecule has 7 nitrogen and oxygen atoms in total. The van der Waals surface area contributed by atoms with Crippen molar-refractivity contribution in [1.82, 2.24) is 29.5 Å². The van der Waals surface area contributed by atoms with Gasteiger partial charge in [0.05, 0.1) is 19.6 Å². The SMILES string of the molecule is Cc1nnc(CNC(=NCc2ccccc2)N(C)Cc2cccn2C)n1C. The van der Waals surface area contributed by atoms with Crippen LogP contribution < -0.4 is 5.32 Å². The van der Waals surface area contributed by atoms with Gasteiger partial charge in [0.15, 0.2) is 11.8 Å². The predicted octanol–water partition coefficient (Wildman–Crippen LogP) is 2.24. The van der Waals surface area contributed by atoms with Gasteiger partial charge in [0.1, 0.15) is 5.82 Å². The van der Waals surface area contributed by atoms with Crippen molar-refractivity contribution in [3.05, 3.63) is 71.6 Å². The summed E-state index contributed by atoms with van der Waals surface area (Å²) in [6.45, 7) is 3.91. The van der Waals surface area contributed by atoms with E-state index in [1.54, 1.807) is 0 Å². The van der Waals surface area contributed by atoms with E-state index in [1.165, 1.54) is 11.3 Å². The number of aliphatic imine (C=N–C) groups is 1. The van der Waals surface area contributed by atoms with Crippen LogP contribution in [0.4, 0.5) is 0 Å². The fourth-order valence-corrected chi connectivity index (χ4v) is 2.80. The molecule has 142 valence electrons. The van der Waals surface area contributed by atoms with E-state index in [-0.39, 0.29) is 0 Å². The number of rotatable bonds is 6. The second kappa shape index (κ2) is 8.53. The standard InChI is InChI=1S/C20H27N7/c1-16-23-24-19(27(16)4)14-22-20(21-13-17-9-6-5-7-10-17)26(3)15-18-11-8-12-25(18)2/h5-12H,13-15H2,1-4H3,(H,21,22). The maximum atomic E-state index is 4.82. The van der Waals surface area contributed by atoms with Crippen LogP contribution in [-0.4, -0.2) is 37.2 Å². The summed E-state index contributed by atoms with van der Waals surface area (Å²) in [6, 6.07) is 14.4. The largest absolute Gasteiger partial charge is 0.353 e. The molecule has 0 amide bonds. The summed E-state index contributed by atoms with van der Waals surface area (Å²) < 4.78 is 4.11. The molecule has 0 saturated carbocycles. The van der Waals surface area contributed by atoms with Crippen LogP contribution in [0.5, 0.6) is 0 Å². The van der Waals surface area contributed by atoms with Gasteiger partial charge in [-0.25, -0.2) is 4.99 Å². The van der Waals surface area contributed by atoms with Crippen molar-refractivity contribution in [3.63, 3.8) is 0 Å². The summed E-state index contributed by atoms with van der Waals surface area (Å²) in [4.78, 5) is 6.95. The number of benzene rings is 1. The van der Waals surface area contributed by atoms with E-state index in [0.29, 0.717) is 13.1 Å². The van der Waals surface area contributed by atoms with Gasteiger partial charge < -0.3 is 19.4 Å². The molecule has 0 saturated heterocycles. The number of nitrogens with zero attached hydrogens (tertiary/aromatic N) is 6. The highest BCUT2D eigenvalue weighted by molar-refractivity contribution is 5.79. The molecule has 0 fully saturated rings. The van der Waals surface area contributed by atoms with Crippen LogP contribution in [0.25, 0.3) is 0 Å². The van der Waals surface area contributed by atoms with Crippen LogP contribution >= 0.6 is 0 Å². The minimum atomic E-state index is 0.572. The van der Waals surface area contributed by atoms with Crippen LogP contribution in [0.3, 0.4) is 0 Å². The van der Waals surface area contributed by atoms with E-state index in [1.807, 2.05) is 43.8 Å². The number of nitrogens with one attached hydrogen (secondary N) is 1. The fraction of sp³-hybridized carbons (Fsp3) is 0.350. The second-order valence-corrected chi connectivity index (χ2v) is 6.67. The number of hydrogen-bond donors (Lipinski definition) is 1. The summed E-state index contributed by atoms with van der Waals surface area (Å²) in [7, 11) is 6.08. The Morgan fingerprint density at radius 2 is 1.89 bits per heavy atom. The van der Waals surface area contributed by atoms with Crippen LogP contribution in [-0.2, 0) is 33.7 Å². The lowest BCUT2D eigenvalue weighted by Crippen LogP contribution is -2.39. The molecular formula is C20H27N7. The average Bonchev–Trinajstić information content (AvgIpc) is 3.22. The molecule has 2 heterocycles. The zero-order valence-corrected chi connectivity index (χ0v) is 16.4. The highest BCUT2D eigenvalue weighted by atomic mass is 15.3. The summed E-state index contributed by atoms with van der Waals surface area (Å²) in [6.07, 6.45) is 2.06. The smallest absolute Gasteiger partial charge is 0.194 e. The van der Waals surface area contributed by atoms with Gasteiger partial charge in [0, 0.05) is 33.0 Å². The first-order valence-electron chi connectivity index (χ1n) is 9.03. The Bertz CT molecular complexity index is 892. The minimum Gasteiger partial charge on any atom is -0.353 e. The summed E-state index contributed by atoms with van der Waals surface area (Å²) in [5, 5.41) is 11.8. The summed E-state index contributed by atoms with van der Waals surface area (Å²) in [5.41, 5.74) is 2.40. The van der Waals surface area contributed by atoms with Crippen molar-refractivity contribution in [2.24, 2.45) is 19.1 Å². The van der Waals surface area contributed by atoms with Gasteiger partial charge in [0.2, 0.25) is 0 Å². The molecule has 27 heavy (non-hydrogen) atoms. The highest BCUT2D eigenvalue weighted by Crippen LogP contribution is 2.06. The Morgan fingerprint density at radius 1 is 1.11 bits per heavy atom. The number of aryl methyl sites for hydroxylation is 2. The molecule has 2 aromatic heterocycles. The Labute approximate surface area is 160 Å². The maximum Gasteiger partial charge on any atom is 0.194 e. The average molecular weight is 365 g/mol. The molecule has 0 unspecified atom stereocenters. The lowest BCUT2D eigenvalue weighted by atomic mass is 10.2. The molecule has 0 atom stereocenters. The Balaban J connectivity index is 1.74. The third-order valence-corrected chi connectivity index (χ3v) is 4.65. The molecule has 7 heteroatoms. The van der Waals surface area contributed by atoms with E-state index >= 15 is 0 Å². The van der Waals surface area contributed by atoms with E-state index in [9.17, 15) is 0 Å². The third-order valence-electron chi connectivity index (χ3n) is 4.65. The maximum absolute atomic E-state index is 4.82. The Hall–Kier alpha value is -3.09. The van der Waals surface area contributed by atoms with Gasteiger partial charge in [-0.1, -0.05) is 30.3 Å². The second-order valence-electron chi connectivity index (χ2n) is 6.67. The van der Waals surface area contributed by atoms with Gasteiger partial charge in [-0.3, -0.25) is 0 Å². The van der Waals surface area contributed by atoms with E-state index < -0.39 is 0 Å². The first kappa shape index (κ1) is 18.7.